The maximum atomic E-state index is 10.2. The van der Waals surface area contributed by atoms with Gasteiger partial charge in [-0.05, 0) is 13.8 Å². The van der Waals surface area contributed by atoms with Crippen LogP contribution in [0, 0.1) is 12.3 Å². The molecule has 0 aliphatic rings. The molecule has 0 spiro atoms. The van der Waals surface area contributed by atoms with Crippen molar-refractivity contribution in [2.45, 2.75) is 24.8 Å². The molecule has 3 nitrogen and oxygen atoms in total. The highest BCUT2D eigenvalue weighted by Crippen LogP contribution is 2.09. The summed E-state index contributed by atoms with van der Waals surface area (Å²) in [6.07, 6.45) is 5.10. The van der Waals surface area contributed by atoms with E-state index in [0.717, 1.165) is 0 Å². The van der Waals surface area contributed by atoms with E-state index in [2.05, 4.69) is 5.92 Å². The van der Waals surface area contributed by atoms with E-state index in [1.807, 2.05) is 0 Å². The molecule has 4 heteroatoms. The number of rotatable bonds is 4. The zero-order chi connectivity index (χ0) is 9.78. The van der Waals surface area contributed by atoms with E-state index in [0.29, 0.717) is 0 Å². The smallest absolute Gasteiger partial charge is 0.324 e. The van der Waals surface area contributed by atoms with Gasteiger partial charge >= 0.3 is 5.97 Å². The van der Waals surface area contributed by atoms with Gasteiger partial charge in [-0.1, -0.05) is 5.92 Å². The lowest BCUT2D eigenvalue weighted by Crippen LogP contribution is -2.29. The Balaban J connectivity index is 3.85. The molecular weight excluding hydrogens is 180 g/mol. The van der Waals surface area contributed by atoms with Crippen LogP contribution < -0.4 is 0 Å². The standard InChI is InChI=1S/C8H11ClO3/c1-4-8(2,3)12-5-6(9)7(10)11/h1,6H,5H2,2-3H3,(H,10,11). The predicted molar refractivity (Wildman–Crippen MR) is 46.1 cm³/mol. The maximum absolute atomic E-state index is 10.2. The summed E-state index contributed by atoms with van der Waals surface area (Å²) in [4.78, 5) is 10.2. The summed E-state index contributed by atoms with van der Waals surface area (Å²) in [5.74, 6) is 1.25. The average Bonchev–Trinajstić information content (AvgIpc) is 2.00. The SMILES string of the molecule is C#CC(C)(C)OCC(Cl)C(=O)O. The van der Waals surface area contributed by atoms with Gasteiger partial charge < -0.3 is 9.84 Å². The lowest BCUT2D eigenvalue weighted by molar-refractivity contribution is -0.138. The van der Waals surface area contributed by atoms with E-state index in [4.69, 9.17) is 27.9 Å². The second-order valence-electron chi connectivity index (χ2n) is 2.77. The molecule has 0 heterocycles. The van der Waals surface area contributed by atoms with Gasteiger partial charge in [0, 0.05) is 0 Å². The van der Waals surface area contributed by atoms with Crippen LogP contribution in [-0.4, -0.2) is 28.7 Å². The number of aliphatic carboxylic acids is 1. The van der Waals surface area contributed by atoms with Gasteiger partial charge in [-0.15, -0.1) is 18.0 Å². The normalized spacial score (nSPS) is 13.5. The Morgan fingerprint density at radius 3 is 2.67 bits per heavy atom. The van der Waals surface area contributed by atoms with Gasteiger partial charge in [0.1, 0.15) is 5.60 Å². The van der Waals surface area contributed by atoms with Crippen LogP contribution in [0.15, 0.2) is 0 Å². The summed E-state index contributed by atoms with van der Waals surface area (Å²) in [5, 5.41) is 7.34. The van der Waals surface area contributed by atoms with Crippen molar-refractivity contribution in [1.82, 2.24) is 0 Å². The van der Waals surface area contributed by atoms with Gasteiger partial charge in [-0.25, -0.2) is 0 Å². The van der Waals surface area contributed by atoms with E-state index in [1.165, 1.54) is 0 Å². The number of hydrogen-bond donors (Lipinski definition) is 1. The Labute approximate surface area is 76.7 Å². The molecule has 0 aliphatic heterocycles. The Kier molecular flexibility index (Phi) is 4.08. The van der Waals surface area contributed by atoms with Crippen molar-refractivity contribution in [3.05, 3.63) is 0 Å². The molecular formula is C8H11ClO3. The summed E-state index contributed by atoms with van der Waals surface area (Å²) in [5.41, 5.74) is -0.761. The van der Waals surface area contributed by atoms with Crippen LogP contribution in [0.4, 0.5) is 0 Å². The van der Waals surface area contributed by atoms with Crippen molar-refractivity contribution >= 4 is 17.6 Å². The molecule has 1 N–H and O–H groups in total. The zero-order valence-electron chi connectivity index (χ0n) is 7.00. The Morgan fingerprint density at radius 2 is 2.33 bits per heavy atom. The van der Waals surface area contributed by atoms with Crippen molar-refractivity contribution in [1.29, 1.82) is 0 Å². The molecule has 0 bridgehead atoms. The fourth-order valence-corrected chi connectivity index (χ4v) is 0.457. The van der Waals surface area contributed by atoms with Crippen LogP contribution in [0.3, 0.4) is 0 Å². The second kappa shape index (κ2) is 4.34. The molecule has 1 atom stereocenters. The third kappa shape index (κ3) is 4.22. The van der Waals surface area contributed by atoms with Crippen LogP contribution in [0.2, 0.25) is 0 Å². The first-order valence-corrected chi connectivity index (χ1v) is 3.81. The highest BCUT2D eigenvalue weighted by atomic mass is 35.5. The maximum Gasteiger partial charge on any atom is 0.324 e. The van der Waals surface area contributed by atoms with Crippen molar-refractivity contribution in [3.63, 3.8) is 0 Å². The van der Waals surface area contributed by atoms with Crippen molar-refractivity contribution in [2.75, 3.05) is 6.61 Å². The first-order chi connectivity index (χ1) is 5.39. The molecule has 0 aromatic rings. The van der Waals surface area contributed by atoms with Crippen molar-refractivity contribution in [2.24, 2.45) is 0 Å². The number of carbonyl (C=O) groups is 1. The third-order valence-corrected chi connectivity index (χ3v) is 1.52. The molecule has 0 aromatic carbocycles. The van der Waals surface area contributed by atoms with Gasteiger partial charge in [-0.2, -0.15) is 0 Å². The van der Waals surface area contributed by atoms with E-state index in [-0.39, 0.29) is 6.61 Å². The minimum atomic E-state index is -1.11. The summed E-state index contributed by atoms with van der Waals surface area (Å²) in [6.45, 7) is 3.24. The first kappa shape index (κ1) is 11.3. The van der Waals surface area contributed by atoms with Crippen molar-refractivity contribution in [3.8, 4) is 12.3 Å². The van der Waals surface area contributed by atoms with Gasteiger partial charge in [0.2, 0.25) is 0 Å². The largest absolute Gasteiger partial charge is 0.480 e. The van der Waals surface area contributed by atoms with E-state index in [1.54, 1.807) is 13.8 Å². The molecule has 68 valence electrons. The number of ether oxygens (including phenoxy) is 1. The monoisotopic (exact) mass is 190 g/mol. The predicted octanol–water partition coefficient (Wildman–Crippen LogP) is 1.11. The molecule has 0 radical (unpaired) electrons. The Morgan fingerprint density at radius 1 is 1.83 bits per heavy atom. The summed E-state index contributed by atoms with van der Waals surface area (Å²) < 4.78 is 5.05. The molecule has 0 saturated heterocycles. The van der Waals surface area contributed by atoms with E-state index >= 15 is 0 Å². The van der Waals surface area contributed by atoms with Gasteiger partial charge in [0.15, 0.2) is 5.38 Å². The number of carboxylic acid groups (broad SMARTS) is 1. The molecule has 0 rings (SSSR count). The molecule has 0 saturated carbocycles. The first-order valence-electron chi connectivity index (χ1n) is 3.37. The molecule has 0 aliphatic carbocycles. The van der Waals surface area contributed by atoms with E-state index in [9.17, 15) is 4.79 Å². The topological polar surface area (TPSA) is 46.5 Å². The van der Waals surface area contributed by atoms with Crippen LogP contribution >= 0.6 is 11.6 Å². The summed E-state index contributed by atoms with van der Waals surface area (Å²) in [7, 11) is 0. The number of carboxylic acids is 1. The molecule has 0 aromatic heterocycles. The second-order valence-corrected chi connectivity index (χ2v) is 3.30. The lowest BCUT2D eigenvalue weighted by atomic mass is 10.1. The third-order valence-electron chi connectivity index (χ3n) is 1.21. The minimum absolute atomic E-state index is 0.0892. The van der Waals surface area contributed by atoms with Gasteiger partial charge in [-0.3, -0.25) is 4.79 Å². The highest BCUT2D eigenvalue weighted by molar-refractivity contribution is 6.29. The highest BCUT2D eigenvalue weighted by Gasteiger charge is 2.20. The molecule has 12 heavy (non-hydrogen) atoms. The average molecular weight is 191 g/mol. The molecule has 0 fully saturated rings. The van der Waals surface area contributed by atoms with Crippen LogP contribution in [0.1, 0.15) is 13.8 Å². The summed E-state index contributed by atoms with van der Waals surface area (Å²) >= 11 is 5.39. The summed E-state index contributed by atoms with van der Waals surface area (Å²) in [6, 6.07) is 0. The van der Waals surface area contributed by atoms with Gasteiger partial charge in [0.25, 0.3) is 0 Å². The fraction of sp³-hybridized carbons (Fsp3) is 0.625. The molecule has 1 unspecified atom stereocenters. The fourth-order valence-electron chi connectivity index (χ4n) is 0.394. The van der Waals surface area contributed by atoms with Crippen LogP contribution in [0.5, 0.6) is 0 Å². The van der Waals surface area contributed by atoms with Gasteiger partial charge in [0.05, 0.1) is 6.61 Å². The number of terminal acetylenes is 1. The minimum Gasteiger partial charge on any atom is -0.480 e. The number of hydrogen-bond acceptors (Lipinski definition) is 2. The quantitative estimate of drug-likeness (QED) is 0.534. The zero-order valence-corrected chi connectivity index (χ0v) is 7.76. The Hall–Kier alpha value is -0.720. The van der Waals surface area contributed by atoms with Crippen molar-refractivity contribution < 1.29 is 14.6 Å². The Bertz CT molecular complexity index is 205. The van der Waals surface area contributed by atoms with E-state index < -0.39 is 16.9 Å². The lowest BCUT2D eigenvalue weighted by Gasteiger charge is -2.19. The number of alkyl halides is 1. The van der Waals surface area contributed by atoms with Crippen LogP contribution in [0.25, 0.3) is 0 Å². The molecule has 0 amide bonds. The van der Waals surface area contributed by atoms with Crippen LogP contribution in [-0.2, 0) is 9.53 Å². The number of halogens is 1.